The van der Waals surface area contributed by atoms with Gasteiger partial charge in [-0.2, -0.15) is 28.6 Å². The molecule has 3 unspecified atom stereocenters. The molecule has 96 valence electrons. The summed E-state index contributed by atoms with van der Waals surface area (Å²) in [7, 11) is 0. The fourth-order valence-electron chi connectivity index (χ4n) is 2.15. The van der Waals surface area contributed by atoms with Gasteiger partial charge in [0.15, 0.2) is 0 Å². The molecule has 0 amide bonds. The quantitative estimate of drug-likeness (QED) is 0.918. The molecular weight excluding hydrogens is 252 g/mol. The van der Waals surface area contributed by atoms with Crippen LogP contribution in [0.3, 0.4) is 0 Å². The van der Waals surface area contributed by atoms with Crippen LogP contribution >= 0.6 is 23.5 Å². The lowest BCUT2D eigenvalue weighted by Crippen LogP contribution is -2.31. The van der Waals surface area contributed by atoms with Crippen LogP contribution in [0.1, 0.15) is 38.6 Å². The monoisotopic (exact) mass is 272 g/mol. The van der Waals surface area contributed by atoms with E-state index in [0.717, 1.165) is 11.4 Å². The Morgan fingerprint density at radius 3 is 2.76 bits per heavy atom. The minimum Gasteiger partial charge on any atom is -0.386 e. The third-order valence-electron chi connectivity index (χ3n) is 3.04. The van der Waals surface area contributed by atoms with Crippen LogP contribution in [0.25, 0.3) is 0 Å². The molecule has 0 radical (unpaired) electrons. The Morgan fingerprint density at radius 1 is 1.41 bits per heavy atom. The molecule has 0 saturated carbocycles. The van der Waals surface area contributed by atoms with Crippen LogP contribution < -0.4 is 0 Å². The SMILES string of the molecule is CC1SCCSC1C(O)c1ccnn1C(C)C. The zero-order valence-electron chi connectivity index (χ0n) is 10.5. The summed E-state index contributed by atoms with van der Waals surface area (Å²) in [6, 6.07) is 2.24. The van der Waals surface area contributed by atoms with Gasteiger partial charge in [-0.1, -0.05) is 6.92 Å². The van der Waals surface area contributed by atoms with E-state index in [9.17, 15) is 5.11 Å². The summed E-state index contributed by atoms with van der Waals surface area (Å²) in [5.41, 5.74) is 0.951. The Balaban J connectivity index is 2.17. The van der Waals surface area contributed by atoms with Crippen LogP contribution in [0, 0.1) is 0 Å². The summed E-state index contributed by atoms with van der Waals surface area (Å²) in [4.78, 5) is 0. The maximum absolute atomic E-state index is 10.5. The predicted molar refractivity (Wildman–Crippen MR) is 75.7 cm³/mol. The number of aliphatic hydroxyl groups excluding tert-OH is 1. The van der Waals surface area contributed by atoms with Gasteiger partial charge in [0.1, 0.15) is 6.10 Å². The highest BCUT2D eigenvalue weighted by molar-refractivity contribution is 8.07. The van der Waals surface area contributed by atoms with Crippen LogP contribution in [0.4, 0.5) is 0 Å². The Bertz CT molecular complexity index is 367. The average molecular weight is 272 g/mol. The second-order valence-corrected chi connectivity index (χ2v) is 7.42. The molecule has 1 fully saturated rings. The highest BCUT2D eigenvalue weighted by Crippen LogP contribution is 2.38. The first-order valence-corrected chi connectivity index (χ1v) is 8.15. The standard InChI is InChI=1S/C12H20N2OS2/c1-8(2)14-10(4-5-13-14)11(15)12-9(3)16-6-7-17-12/h4-5,8-9,11-12,15H,6-7H2,1-3H3. The number of aliphatic hydroxyl groups is 1. The average Bonchev–Trinajstić information content (AvgIpc) is 2.77. The first-order chi connectivity index (χ1) is 8.11. The van der Waals surface area contributed by atoms with Gasteiger partial charge in [-0.3, -0.25) is 4.68 Å². The van der Waals surface area contributed by atoms with Gasteiger partial charge < -0.3 is 5.11 Å². The molecule has 1 aromatic heterocycles. The molecule has 3 nitrogen and oxygen atoms in total. The van der Waals surface area contributed by atoms with E-state index in [4.69, 9.17) is 0 Å². The molecule has 1 N–H and O–H groups in total. The van der Waals surface area contributed by atoms with E-state index in [-0.39, 0.29) is 5.25 Å². The van der Waals surface area contributed by atoms with E-state index in [2.05, 4.69) is 25.9 Å². The molecule has 2 heterocycles. The number of nitrogens with zero attached hydrogens (tertiary/aromatic N) is 2. The van der Waals surface area contributed by atoms with E-state index in [1.165, 1.54) is 5.75 Å². The summed E-state index contributed by atoms with van der Waals surface area (Å²) >= 11 is 3.84. The van der Waals surface area contributed by atoms with E-state index in [0.29, 0.717) is 11.3 Å². The van der Waals surface area contributed by atoms with Crippen LogP contribution in [-0.2, 0) is 0 Å². The molecular formula is C12H20N2OS2. The summed E-state index contributed by atoms with van der Waals surface area (Å²) in [6.07, 6.45) is 1.37. The zero-order chi connectivity index (χ0) is 12.4. The van der Waals surface area contributed by atoms with Crippen molar-refractivity contribution in [3.05, 3.63) is 18.0 Å². The molecule has 1 aromatic rings. The van der Waals surface area contributed by atoms with Gasteiger partial charge in [0.25, 0.3) is 0 Å². The highest BCUT2D eigenvalue weighted by atomic mass is 32.2. The highest BCUT2D eigenvalue weighted by Gasteiger charge is 2.32. The topological polar surface area (TPSA) is 38.1 Å². The van der Waals surface area contributed by atoms with Gasteiger partial charge >= 0.3 is 0 Å². The van der Waals surface area contributed by atoms with E-state index in [1.54, 1.807) is 6.20 Å². The molecule has 0 aliphatic carbocycles. The normalized spacial score (nSPS) is 27.4. The van der Waals surface area contributed by atoms with Crippen molar-refractivity contribution in [1.29, 1.82) is 0 Å². The fourth-order valence-corrected chi connectivity index (χ4v) is 4.97. The van der Waals surface area contributed by atoms with Crippen molar-refractivity contribution >= 4 is 23.5 Å². The smallest absolute Gasteiger partial charge is 0.108 e. The lowest BCUT2D eigenvalue weighted by Gasteiger charge is -2.32. The largest absolute Gasteiger partial charge is 0.386 e. The first-order valence-electron chi connectivity index (χ1n) is 6.06. The molecule has 17 heavy (non-hydrogen) atoms. The van der Waals surface area contributed by atoms with Crippen molar-refractivity contribution < 1.29 is 5.11 Å². The summed E-state index contributed by atoms with van der Waals surface area (Å²) in [6.45, 7) is 6.39. The van der Waals surface area contributed by atoms with Crippen molar-refractivity contribution in [2.75, 3.05) is 11.5 Å². The van der Waals surface area contributed by atoms with Crippen LogP contribution in [0.2, 0.25) is 0 Å². The van der Waals surface area contributed by atoms with Crippen LogP contribution in [0.5, 0.6) is 0 Å². The third-order valence-corrected chi connectivity index (χ3v) is 6.22. The maximum Gasteiger partial charge on any atom is 0.108 e. The summed E-state index contributed by atoms with van der Waals surface area (Å²) < 4.78 is 1.93. The summed E-state index contributed by atoms with van der Waals surface area (Å²) in [5.74, 6) is 2.32. The van der Waals surface area contributed by atoms with Gasteiger partial charge in [-0.05, 0) is 19.9 Å². The minimum atomic E-state index is -0.410. The Kier molecular flexibility index (Phi) is 4.44. The Morgan fingerprint density at radius 2 is 2.12 bits per heavy atom. The number of rotatable bonds is 3. The van der Waals surface area contributed by atoms with Gasteiger partial charge in [0.05, 0.1) is 5.69 Å². The Hall–Kier alpha value is -0.130. The number of hydrogen-bond donors (Lipinski definition) is 1. The minimum absolute atomic E-state index is 0.281. The fraction of sp³-hybridized carbons (Fsp3) is 0.750. The molecule has 3 atom stereocenters. The zero-order valence-corrected chi connectivity index (χ0v) is 12.2. The molecule has 0 bridgehead atoms. The molecule has 1 aliphatic heterocycles. The van der Waals surface area contributed by atoms with Crippen molar-refractivity contribution in [2.45, 2.75) is 43.4 Å². The molecule has 1 aliphatic rings. The van der Waals surface area contributed by atoms with Crippen molar-refractivity contribution in [3.63, 3.8) is 0 Å². The lowest BCUT2D eigenvalue weighted by atomic mass is 10.1. The van der Waals surface area contributed by atoms with E-state index in [1.807, 2.05) is 34.3 Å². The van der Waals surface area contributed by atoms with E-state index < -0.39 is 6.10 Å². The maximum atomic E-state index is 10.5. The van der Waals surface area contributed by atoms with Gasteiger partial charge in [-0.15, -0.1) is 0 Å². The van der Waals surface area contributed by atoms with Crippen LogP contribution in [0.15, 0.2) is 12.3 Å². The number of aromatic nitrogens is 2. The molecule has 0 aromatic carbocycles. The van der Waals surface area contributed by atoms with Crippen LogP contribution in [-0.4, -0.2) is 36.9 Å². The van der Waals surface area contributed by atoms with Gasteiger partial charge in [0, 0.05) is 34.2 Å². The van der Waals surface area contributed by atoms with Crippen molar-refractivity contribution in [3.8, 4) is 0 Å². The second kappa shape index (κ2) is 5.67. The Labute approximate surface area is 111 Å². The molecule has 1 saturated heterocycles. The number of thioether (sulfide) groups is 2. The molecule has 0 spiro atoms. The lowest BCUT2D eigenvalue weighted by molar-refractivity contribution is 0.161. The number of hydrogen-bond acceptors (Lipinski definition) is 4. The predicted octanol–water partition coefficient (Wildman–Crippen LogP) is 2.73. The van der Waals surface area contributed by atoms with Gasteiger partial charge in [0.2, 0.25) is 0 Å². The molecule has 2 rings (SSSR count). The second-order valence-electron chi connectivity index (χ2n) is 4.65. The third kappa shape index (κ3) is 2.83. The van der Waals surface area contributed by atoms with Crippen molar-refractivity contribution in [2.24, 2.45) is 0 Å². The molecule has 5 heteroatoms. The first kappa shape index (κ1) is 13.3. The summed E-state index contributed by atoms with van der Waals surface area (Å²) in [5, 5.41) is 15.6. The van der Waals surface area contributed by atoms with E-state index >= 15 is 0 Å². The van der Waals surface area contributed by atoms with Crippen molar-refractivity contribution in [1.82, 2.24) is 9.78 Å². The van der Waals surface area contributed by atoms with Gasteiger partial charge in [-0.25, -0.2) is 0 Å².